The standard InChI is InChI=1S/C15H17FN4O3S/c1-2-19-9-11(7-18-19)14-10-24(22,23)6-5-20(14)15(21)13-4-3-12(16)8-17-13/h3-4,7-9,14H,2,5-6,10H2,1H3/t14-/m1/s1. The Bertz CT molecular complexity index is 848. The summed E-state index contributed by atoms with van der Waals surface area (Å²) in [7, 11) is -3.24. The zero-order chi connectivity index (χ0) is 17.3. The van der Waals surface area contributed by atoms with Crippen LogP contribution in [0.5, 0.6) is 0 Å². The van der Waals surface area contributed by atoms with Crippen molar-refractivity contribution in [3.8, 4) is 0 Å². The molecule has 0 aliphatic carbocycles. The minimum Gasteiger partial charge on any atom is -0.328 e. The van der Waals surface area contributed by atoms with E-state index in [1.54, 1.807) is 17.1 Å². The van der Waals surface area contributed by atoms with Crippen LogP contribution >= 0.6 is 0 Å². The van der Waals surface area contributed by atoms with Crippen molar-refractivity contribution in [1.82, 2.24) is 19.7 Å². The second-order valence-electron chi connectivity index (χ2n) is 5.62. The van der Waals surface area contributed by atoms with Crippen molar-refractivity contribution in [2.45, 2.75) is 19.5 Å². The molecule has 3 heterocycles. The molecule has 7 nitrogen and oxygen atoms in total. The molecule has 0 radical (unpaired) electrons. The Balaban J connectivity index is 1.94. The minimum absolute atomic E-state index is 0.0716. The molecule has 0 spiro atoms. The van der Waals surface area contributed by atoms with Gasteiger partial charge in [-0.25, -0.2) is 17.8 Å². The molecule has 9 heteroatoms. The maximum Gasteiger partial charge on any atom is 0.273 e. The Morgan fingerprint density at radius 2 is 2.17 bits per heavy atom. The number of nitrogens with zero attached hydrogens (tertiary/aromatic N) is 4. The zero-order valence-corrected chi connectivity index (χ0v) is 13.9. The summed E-state index contributed by atoms with van der Waals surface area (Å²) >= 11 is 0. The number of hydrogen-bond donors (Lipinski definition) is 0. The summed E-state index contributed by atoms with van der Waals surface area (Å²) in [6, 6.07) is 1.83. The maximum atomic E-state index is 13.0. The van der Waals surface area contributed by atoms with Gasteiger partial charge < -0.3 is 4.90 Å². The number of amides is 1. The fourth-order valence-electron chi connectivity index (χ4n) is 2.70. The molecule has 1 aliphatic rings. The van der Waals surface area contributed by atoms with E-state index in [-0.39, 0.29) is 23.7 Å². The average molecular weight is 352 g/mol. The molecule has 1 amide bonds. The second kappa shape index (κ2) is 6.31. The smallest absolute Gasteiger partial charge is 0.273 e. The van der Waals surface area contributed by atoms with Crippen molar-refractivity contribution >= 4 is 15.7 Å². The lowest BCUT2D eigenvalue weighted by molar-refractivity contribution is 0.0691. The van der Waals surface area contributed by atoms with Gasteiger partial charge >= 0.3 is 0 Å². The summed E-state index contributed by atoms with van der Waals surface area (Å²) in [5.41, 5.74) is 0.749. The summed E-state index contributed by atoms with van der Waals surface area (Å²) in [5, 5.41) is 4.15. The lowest BCUT2D eigenvalue weighted by Crippen LogP contribution is -2.46. The topological polar surface area (TPSA) is 85.2 Å². The molecule has 0 unspecified atom stereocenters. The molecule has 0 saturated carbocycles. The first kappa shape index (κ1) is 16.6. The van der Waals surface area contributed by atoms with Crippen molar-refractivity contribution in [1.29, 1.82) is 0 Å². The average Bonchev–Trinajstić information content (AvgIpc) is 3.03. The largest absolute Gasteiger partial charge is 0.328 e. The SMILES string of the molecule is CCn1cc([C@H]2CS(=O)(=O)CCN2C(=O)c2ccc(F)cn2)cn1. The molecule has 1 fully saturated rings. The van der Waals surface area contributed by atoms with Gasteiger partial charge in [-0.15, -0.1) is 0 Å². The Hall–Kier alpha value is -2.29. The molecular weight excluding hydrogens is 335 g/mol. The number of carbonyl (C=O) groups is 1. The number of aryl methyl sites for hydroxylation is 1. The van der Waals surface area contributed by atoms with Gasteiger partial charge in [-0.05, 0) is 19.1 Å². The molecule has 128 valence electrons. The molecular formula is C15H17FN4O3S. The van der Waals surface area contributed by atoms with Crippen LogP contribution in [0, 0.1) is 5.82 Å². The molecule has 0 aromatic carbocycles. The van der Waals surface area contributed by atoms with Crippen molar-refractivity contribution in [3.05, 3.63) is 47.8 Å². The van der Waals surface area contributed by atoms with Gasteiger partial charge in [-0.3, -0.25) is 9.48 Å². The predicted molar refractivity (Wildman–Crippen MR) is 84.5 cm³/mol. The van der Waals surface area contributed by atoms with E-state index in [9.17, 15) is 17.6 Å². The summed E-state index contributed by atoms with van der Waals surface area (Å²) in [6.07, 6.45) is 4.29. The number of sulfone groups is 1. The van der Waals surface area contributed by atoms with E-state index in [2.05, 4.69) is 10.1 Å². The first-order valence-corrected chi connectivity index (χ1v) is 9.37. The van der Waals surface area contributed by atoms with E-state index in [1.165, 1.54) is 11.0 Å². The van der Waals surface area contributed by atoms with Crippen molar-refractivity contribution in [2.24, 2.45) is 0 Å². The van der Waals surface area contributed by atoms with Crippen LogP contribution in [-0.4, -0.2) is 52.0 Å². The van der Waals surface area contributed by atoms with Gasteiger partial charge in [0.25, 0.3) is 5.91 Å². The maximum absolute atomic E-state index is 13.0. The third kappa shape index (κ3) is 3.30. The fraction of sp³-hybridized carbons (Fsp3) is 0.400. The summed E-state index contributed by atoms with van der Waals surface area (Å²) < 4.78 is 38.7. The number of carbonyl (C=O) groups excluding carboxylic acids is 1. The monoisotopic (exact) mass is 352 g/mol. The van der Waals surface area contributed by atoms with Crippen LogP contribution in [0.4, 0.5) is 4.39 Å². The van der Waals surface area contributed by atoms with E-state index in [4.69, 9.17) is 0 Å². The normalized spacial score (nSPS) is 20.1. The summed E-state index contributed by atoms with van der Waals surface area (Å²) in [6.45, 7) is 2.63. The van der Waals surface area contributed by atoms with Crippen LogP contribution in [-0.2, 0) is 16.4 Å². The highest BCUT2D eigenvalue weighted by atomic mass is 32.2. The van der Waals surface area contributed by atoms with Crippen molar-refractivity contribution < 1.29 is 17.6 Å². The molecule has 0 bridgehead atoms. The Kier molecular flexibility index (Phi) is 4.35. The molecule has 0 N–H and O–H groups in total. The highest BCUT2D eigenvalue weighted by Crippen LogP contribution is 2.28. The van der Waals surface area contributed by atoms with Gasteiger partial charge in [0.05, 0.1) is 29.9 Å². The van der Waals surface area contributed by atoms with Gasteiger partial charge in [-0.2, -0.15) is 5.10 Å². The molecule has 2 aromatic rings. The van der Waals surface area contributed by atoms with E-state index in [0.717, 1.165) is 12.3 Å². The summed E-state index contributed by atoms with van der Waals surface area (Å²) in [5.74, 6) is -1.21. The van der Waals surface area contributed by atoms with Gasteiger partial charge in [0.1, 0.15) is 11.5 Å². The lowest BCUT2D eigenvalue weighted by atomic mass is 10.1. The molecule has 1 aliphatic heterocycles. The predicted octanol–water partition coefficient (Wildman–Crippen LogP) is 1.05. The van der Waals surface area contributed by atoms with E-state index in [1.807, 2.05) is 6.92 Å². The number of pyridine rings is 1. The summed E-state index contributed by atoms with van der Waals surface area (Å²) in [4.78, 5) is 18.0. The zero-order valence-electron chi connectivity index (χ0n) is 13.1. The highest BCUT2D eigenvalue weighted by molar-refractivity contribution is 7.91. The first-order chi connectivity index (χ1) is 11.4. The Labute approximate surface area is 139 Å². The molecule has 2 aromatic heterocycles. The third-order valence-corrected chi connectivity index (χ3v) is 5.63. The number of aromatic nitrogens is 3. The van der Waals surface area contributed by atoms with Gasteiger partial charge in [0.15, 0.2) is 9.84 Å². The second-order valence-corrected chi connectivity index (χ2v) is 7.85. The fourth-order valence-corrected chi connectivity index (χ4v) is 4.20. The number of hydrogen-bond acceptors (Lipinski definition) is 5. The first-order valence-electron chi connectivity index (χ1n) is 7.55. The van der Waals surface area contributed by atoms with Crippen LogP contribution in [0.3, 0.4) is 0 Å². The molecule has 1 saturated heterocycles. The van der Waals surface area contributed by atoms with Gasteiger partial charge in [-0.1, -0.05) is 0 Å². The number of halogens is 1. The van der Waals surface area contributed by atoms with Gasteiger partial charge in [0, 0.05) is 24.8 Å². The van der Waals surface area contributed by atoms with E-state index < -0.39 is 27.6 Å². The van der Waals surface area contributed by atoms with E-state index in [0.29, 0.717) is 12.1 Å². The molecule has 24 heavy (non-hydrogen) atoms. The van der Waals surface area contributed by atoms with Crippen molar-refractivity contribution in [2.75, 3.05) is 18.1 Å². The van der Waals surface area contributed by atoms with E-state index >= 15 is 0 Å². The Morgan fingerprint density at radius 3 is 2.79 bits per heavy atom. The number of rotatable bonds is 3. The highest BCUT2D eigenvalue weighted by Gasteiger charge is 2.36. The van der Waals surface area contributed by atoms with Crippen LogP contribution in [0.15, 0.2) is 30.7 Å². The quantitative estimate of drug-likeness (QED) is 0.824. The van der Waals surface area contributed by atoms with Crippen LogP contribution < -0.4 is 0 Å². The Morgan fingerprint density at radius 1 is 1.38 bits per heavy atom. The van der Waals surface area contributed by atoms with Crippen LogP contribution in [0.2, 0.25) is 0 Å². The third-order valence-electron chi connectivity index (χ3n) is 4.00. The molecule has 1 atom stereocenters. The van der Waals surface area contributed by atoms with Gasteiger partial charge in [0.2, 0.25) is 0 Å². The van der Waals surface area contributed by atoms with Crippen molar-refractivity contribution in [3.63, 3.8) is 0 Å². The molecule has 3 rings (SSSR count). The van der Waals surface area contributed by atoms with Crippen LogP contribution in [0.25, 0.3) is 0 Å². The minimum atomic E-state index is -3.24. The lowest BCUT2D eigenvalue weighted by Gasteiger charge is -2.34. The van der Waals surface area contributed by atoms with Crippen LogP contribution in [0.1, 0.15) is 29.0 Å².